The third kappa shape index (κ3) is 4.30. The molecule has 0 fully saturated rings. The Kier molecular flexibility index (Phi) is 5.34. The maximum atomic E-state index is 6.13. The van der Waals surface area contributed by atoms with Crippen LogP contribution in [0.3, 0.4) is 0 Å². The van der Waals surface area contributed by atoms with E-state index in [0.717, 1.165) is 17.0 Å². The molecule has 0 radical (unpaired) electrons. The van der Waals surface area contributed by atoms with Crippen molar-refractivity contribution in [3.63, 3.8) is 0 Å². The SMILES string of the molecule is COc1ccc(CNc2ccccc2OC(C)C)cc1Cl. The third-order valence-corrected chi connectivity index (χ3v) is 3.24. The Bertz CT molecular complexity index is 599. The molecule has 0 spiro atoms. The van der Waals surface area contributed by atoms with Crippen molar-refractivity contribution in [2.45, 2.75) is 26.5 Å². The highest BCUT2D eigenvalue weighted by Crippen LogP contribution is 2.27. The fraction of sp³-hybridized carbons (Fsp3) is 0.294. The van der Waals surface area contributed by atoms with Gasteiger partial charge in [-0.25, -0.2) is 0 Å². The van der Waals surface area contributed by atoms with E-state index in [0.29, 0.717) is 17.3 Å². The van der Waals surface area contributed by atoms with Crippen LogP contribution >= 0.6 is 11.6 Å². The van der Waals surface area contributed by atoms with Gasteiger partial charge in [-0.2, -0.15) is 0 Å². The topological polar surface area (TPSA) is 30.5 Å². The first-order valence-electron chi connectivity index (χ1n) is 6.92. The van der Waals surface area contributed by atoms with Gasteiger partial charge in [-0.3, -0.25) is 0 Å². The fourth-order valence-electron chi connectivity index (χ4n) is 1.99. The maximum Gasteiger partial charge on any atom is 0.142 e. The molecule has 2 rings (SSSR count). The third-order valence-electron chi connectivity index (χ3n) is 2.95. The lowest BCUT2D eigenvalue weighted by Gasteiger charge is -2.15. The highest BCUT2D eigenvalue weighted by molar-refractivity contribution is 6.32. The summed E-state index contributed by atoms with van der Waals surface area (Å²) in [5, 5.41) is 3.99. The lowest BCUT2D eigenvalue weighted by molar-refractivity contribution is 0.243. The Hall–Kier alpha value is -1.87. The zero-order valence-electron chi connectivity index (χ0n) is 12.5. The highest BCUT2D eigenvalue weighted by atomic mass is 35.5. The molecule has 112 valence electrons. The number of halogens is 1. The minimum Gasteiger partial charge on any atom is -0.495 e. The predicted octanol–water partition coefficient (Wildman–Crippen LogP) is 4.75. The molecule has 2 aromatic carbocycles. The normalized spacial score (nSPS) is 10.5. The first-order chi connectivity index (χ1) is 10.1. The first-order valence-corrected chi connectivity index (χ1v) is 7.30. The fourth-order valence-corrected chi connectivity index (χ4v) is 2.27. The van der Waals surface area contributed by atoms with Crippen LogP contribution in [0.25, 0.3) is 0 Å². The van der Waals surface area contributed by atoms with Gasteiger partial charge in [-0.05, 0) is 43.7 Å². The van der Waals surface area contributed by atoms with Gasteiger partial charge in [0.15, 0.2) is 0 Å². The van der Waals surface area contributed by atoms with E-state index in [-0.39, 0.29) is 6.10 Å². The minimum atomic E-state index is 0.142. The van der Waals surface area contributed by atoms with E-state index in [4.69, 9.17) is 21.1 Å². The number of nitrogens with one attached hydrogen (secondary N) is 1. The van der Waals surface area contributed by atoms with Crippen LogP contribution in [0.2, 0.25) is 5.02 Å². The zero-order chi connectivity index (χ0) is 15.2. The zero-order valence-corrected chi connectivity index (χ0v) is 13.3. The van der Waals surface area contributed by atoms with Gasteiger partial charge in [-0.1, -0.05) is 29.8 Å². The summed E-state index contributed by atoms with van der Waals surface area (Å²) in [4.78, 5) is 0. The number of rotatable bonds is 6. The molecule has 0 bridgehead atoms. The molecule has 0 aromatic heterocycles. The van der Waals surface area contributed by atoms with E-state index in [1.165, 1.54) is 0 Å². The van der Waals surface area contributed by atoms with Crippen molar-refractivity contribution in [2.24, 2.45) is 0 Å². The number of methoxy groups -OCH3 is 1. The number of ether oxygens (including phenoxy) is 2. The lowest BCUT2D eigenvalue weighted by atomic mass is 10.2. The van der Waals surface area contributed by atoms with E-state index < -0.39 is 0 Å². The Morgan fingerprint density at radius 1 is 1.10 bits per heavy atom. The molecule has 0 amide bonds. The molecular weight excluding hydrogens is 286 g/mol. The van der Waals surface area contributed by atoms with Gasteiger partial charge in [-0.15, -0.1) is 0 Å². The summed E-state index contributed by atoms with van der Waals surface area (Å²) in [6.45, 7) is 4.70. The van der Waals surface area contributed by atoms with Gasteiger partial charge in [0.1, 0.15) is 11.5 Å². The molecule has 3 nitrogen and oxygen atoms in total. The molecule has 0 aliphatic rings. The Labute approximate surface area is 130 Å². The average Bonchev–Trinajstić information content (AvgIpc) is 2.46. The van der Waals surface area contributed by atoms with Crippen LogP contribution in [0.4, 0.5) is 5.69 Å². The van der Waals surface area contributed by atoms with Crippen LogP contribution in [0, 0.1) is 0 Å². The van der Waals surface area contributed by atoms with Crippen LogP contribution in [-0.4, -0.2) is 13.2 Å². The standard InChI is InChI=1S/C17H20ClNO2/c1-12(2)21-17-7-5-4-6-15(17)19-11-13-8-9-16(20-3)14(18)10-13/h4-10,12,19H,11H2,1-3H3. The van der Waals surface area contributed by atoms with Crippen molar-refractivity contribution in [1.82, 2.24) is 0 Å². The number of hydrogen-bond donors (Lipinski definition) is 1. The molecule has 0 aliphatic carbocycles. The van der Waals surface area contributed by atoms with Crippen LogP contribution in [0.5, 0.6) is 11.5 Å². The number of hydrogen-bond acceptors (Lipinski definition) is 3. The summed E-state index contributed by atoms with van der Waals surface area (Å²) in [5.74, 6) is 1.54. The van der Waals surface area contributed by atoms with Gasteiger partial charge >= 0.3 is 0 Å². The summed E-state index contributed by atoms with van der Waals surface area (Å²) >= 11 is 6.13. The number of benzene rings is 2. The van der Waals surface area contributed by atoms with Crippen molar-refractivity contribution in [3.05, 3.63) is 53.1 Å². The summed E-state index contributed by atoms with van der Waals surface area (Å²) < 4.78 is 10.9. The monoisotopic (exact) mass is 305 g/mol. The van der Waals surface area contributed by atoms with E-state index in [1.54, 1.807) is 7.11 Å². The van der Waals surface area contributed by atoms with Crippen LogP contribution in [-0.2, 0) is 6.54 Å². The van der Waals surface area contributed by atoms with E-state index in [9.17, 15) is 0 Å². The molecule has 0 saturated carbocycles. The van der Waals surface area contributed by atoms with Crippen LogP contribution in [0.1, 0.15) is 19.4 Å². The van der Waals surface area contributed by atoms with E-state index in [1.807, 2.05) is 56.3 Å². The molecule has 4 heteroatoms. The van der Waals surface area contributed by atoms with Crippen molar-refractivity contribution in [3.8, 4) is 11.5 Å². The smallest absolute Gasteiger partial charge is 0.142 e. The molecule has 21 heavy (non-hydrogen) atoms. The largest absolute Gasteiger partial charge is 0.495 e. The first kappa shape index (κ1) is 15.5. The van der Waals surface area contributed by atoms with Crippen LogP contribution in [0.15, 0.2) is 42.5 Å². The number of para-hydroxylation sites is 2. The summed E-state index contributed by atoms with van der Waals surface area (Å²) in [7, 11) is 1.61. The maximum absolute atomic E-state index is 6.13. The highest BCUT2D eigenvalue weighted by Gasteiger charge is 2.06. The van der Waals surface area contributed by atoms with Crippen molar-refractivity contribution in [2.75, 3.05) is 12.4 Å². The average molecular weight is 306 g/mol. The molecule has 0 unspecified atom stereocenters. The van der Waals surface area contributed by atoms with Gasteiger partial charge in [0.2, 0.25) is 0 Å². The van der Waals surface area contributed by atoms with Gasteiger partial charge in [0, 0.05) is 6.54 Å². The minimum absolute atomic E-state index is 0.142. The summed E-state index contributed by atoms with van der Waals surface area (Å²) in [5.41, 5.74) is 2.05. The Balaban J connectivity index is 2.08. The van der Waals surface area contributed by atoms with Gasteiger partial charge in [0.05, 0.1) is 23.9 Å². The molecule has 1 N–H and O–H groups in total. The van der Waals surface area contributed by atoms with E-state index in [2.05, 4.69) is 5.32 Å². The molecule has 0 heterocycles. The quantitative estimate of drug-likeness (QED) is 0.835. The van der Waals surface area contributed by atoms with E-state index >= 15 is 0 Å². The molecule has 2 aromatic rings. The van der Waals surface area contributed by atoms with Crippen molar-refractivity contribution in [1.29, 1.82) is 0 Å². The molecule has 0 atom stereocenters. The lowest BCUT2D eigenvalue weighted by Crippen LogP contribution is -2.08. The van der Waals surface area contributed by atoms with Crippen molar-refractivity contribution >= 4 is 17.3 Å². The Morgan fingerprint density at radius 2 is 1.86 bits per heavy atom. The molecular formula is C17H20ClNO2. The molecule has 0 aliphatic heterocycles. The second kappa shape index (κ2) is 7.23. The van der Waals surface area contributed by atoms with Crippen molar-refractivity contribution < 1.29 is 9.47 Å². The predicted molar refractivity (Wildman–Crippen MR) is 87.5 cm³/mol. The molecule has 0 saturated heterocycles. The van der Waals surface area contributed by atoms with Crippen LogP contribution < -0.4 is 14.8 Å². The Morgan fingerprint density at radius 3 is 2.52 bits per heavy atom. The summed E-state index contributed by atoms with van der Waals surface area (Å²) in [6.07, 6.45) is 0.142. The van der Waals surface area contributed by atoms with Gasteiger partial charge < -0.3 is 14.8 Å². The van der Waals surface area contributed by atoms with Gasteiger partial charge in [0.25, 0.3) is 0 Å². The number of anilines is 1. The summed E-state index contributed by atoms with van der Waals surface area (Å²) in [6, 6.07) is 13.7. The second-order valence-corrected chi connectivity index (χ2v) is 5.39. The second-order valence-electron chi connectivity index (χ2n) is 4.99.